The number of unbranched alkanes of at least 4 members (excludes halogenated alkanes) is 1. The molecule has 0 bridgehead atoms. The van der Waals surface area contributed by atoms with Crippen molar-refractivity contribution in [1.29, 1.82) is 0 Å². The van der Waals surface area contributed by atoms with E-state index in [1.807, 2.05) is 6.92 Å². The number of rotatable bonds is 3. The molecule has 4 heteroatoms. The number of cyclic esters (lactones) is 1. The number of nitrogens with zero attached hydrogens (tertiary/aromatic N) is 1. The number of hydrogen-bond donors (Lipinski definition) is 0. The molecule has 0 saturated carbocycles. The molecular formula is C9H15NO3. The average molecular weight is 185 g/mol. The molecule has 1 fully saturated rings. The zero-order valence-corrected chi connectivity index (χ0v) is 7.91. The summed E-state index contributed by atoms with van der Waals surface area (Å²) in [4.78, 5) is 23.8. The van der Waals surface area contributed by atoms with Crippen molar-refractivity contribution in [3.63, 3.8) is 0 Å². The molecule has 1 rings (SSSR count). The van der Waals surface area contributed by atoms with Gasteiger partial charge in [0.15, 0.2) is 0 Å². The second kappa shape index (κ2) is 4.84. The Hall–Kier alpha value is -1.06. The summed E-state index contributed by atoms with van der Waals surface area (Å²) in [5, 5.41) is 0. The standard InChI is InChI=1S/C9H15NO3/c1-2-3-4-8(11)10-5-6-13-9(12)7-10/h2-7H2,1H3. The monoisotopic (exact) mass is 185 g/mol. The summed E-state index contributed by atoms with van der Waals surface area (Å²) in [6.45, 7) is 3.06. The van der Waals surface area contributed by atoms with Gasteiger partial charge in [-0.15, -0.1) is 0 Å². The fourth-order valence-corrected chi connectivity index (χ4v) is 1.25. The Morgan fingerprint density at radius 1 is 1.62 bits per heavy atom. The zero-order valence-electron chi connectivity index (χ0n) is 7.91. The molecule has 0 spiro atoms. The number of carbonyl (C=O) groups is 2. The van der Waals surface area contributed by atoms with Crippen molar-refractivity contribution in [2.75, 3.05) is 19.7 Å². The summed E-state index contributed by atoms with van der Waals surface area (Å²) in [5.41, 5.74) is 0. The third-order valence-electron chi connectivity index (χ3n) is 2.04. The van der Waals surface area contributed by atoms with E-state index in [0.717, 1.165) is 12.8 Å². The van der Waals surface area contributed by atoms with Gasteiger partial charge in [-0.3, -0.25) is 9.59 Å². The molecule has 13 heavy (non-hydrogen) atoms. The number of amides is 1. The Balaban J connectivity index is 2.32. The molecular weight excluding hydrogens is 170 g/mol. The van der Waals surface area contributed by atoms with Crippen LogP contribution in [0.25, 0.3) is 0 Å². The molecule has 1 heterocycles. The highest BCUT2D eigenvalue weighted by molar-refractivity contribution is 5.82. The van der Waals surface area contributed by atoms with Gasteiger partial charge < -0.3 is 9.64 Å². The lowest BCUT2D eigenvalue weighted by atomic mass is 10.2. The van der Waals surface area contributed by atoms with Gasteiger partial charge in [0.1, 0.15) is 13.2 Å². The van der Waals surface area contributed by atoms with E-state index >= 15 is 0 Å². The first-order valence-corrected chi connectivity index (χ1v) is 4.67. The lowest BCUT2D eigenvalue weighted by Crippen LogP contribution is -2.43. The van der Waals surface area contributed by atoms with Gasteiger partial charge in [0.25, 0.3) is 0 Å². The van der Waals surface area contributed by atoms with Crippen LogP contribution in [0.5, 0.6) is 0 Å². The molecule has 0 aromatic carbocycles. The minimum Gasteiger partial charge on any atom is -0.462 e. The first-order valence-electron chi connectivity index (χ1n) is 4.67. The van der Waals surface area contributed by atoms with Crippen LogP contribution in [0.2, 0.25) is 0 Å². The summed E-state index contributed by atoms with van der Waals surface area (Å²) >= 11 is 0. The molecule has 0 aromatic rings. The van der Waals surface area contributed by atoms with Crippen LogP contribution >= 0.6 is 0 Å². The van der Waals surface area contributed by atoms with Crippen LogP contribution in [0.3, 0.4) is 0 Å². The Morgan fingerprint density at radius 2 is 2.38 bits per heavy atom. The van der Waals surface area contributed by atoms with Crippen LogP contribution in [0.1, 0.15) is 26.2 Å². The normalized spacial score (nSPS) is 17.0. The van der Waals surface area contributed by atoms with Crippen molar-refractivity contribution >= 4 is 11.9 Å². The third-order valence-corrected chi connectivity index (χ3v) is 2.04. The van der Waals surface area contributed by atoms with Crippen LogP contribution in [0, 0.1) is 0 Å². The van der Waals surface area contributed by atoms with Crippen LogP contribution in [-0.4, -0.2) is 36.5 Å². The van der Waals surface area contributed by atoms with E-state index in [-0.39, 0.29) is 18.4 Å². The first kappa shape index (κ1) is 10.0. The fraction of sp³-hybridized carbons (Fsp3) is 0.778. The topological polar surface area (TPSA) is 46.6 Å². The van der Waals surface area contributed by atoms with Gasteiger partial charge in [0, 0.05) is 6.42 Å². The molecule has 1 amide bonds. The van der Waals surface area contributed by atoms with Gasteiger partial charge in [-0.25, -0.2) is 0 Å². The van der Waals surface area contributed by atoms with Crippen LogP contribution in [0.4, 0.5) is 0 Å². The molecule has 0 N–H and O–H groups in total. The number of ether oxygens (including phenoxy) is 1. The van der Waals surface area contributed by atoms with Crippen LogP contribution < -0.4 is 0 Å². The van der Waals surface area contributed by atoms with E-state index in [0.29, 0.717) is 19.6 Å². The quantitative estimate of drug-likeness (QED) is 0.604. The van der Waals surface area contributed by atoms with Crippen LogP contribution in [0.15, 0.2) is 0 Å². The smallest absolute Gasteiger partial charge is 0.325 e. The molecule has 0 atom stereocenters. The third kappa shape index (κ3) is 3.05. The highest BCUT2D eigenvalue weighted by Gasteiger charge is 2.21. The van der Waals surface area contributed by atoms with Crippen molar-refractivity contribution in [3.05, 3.63) is 0 Å². The Labute approximate surface area is 77.8 Å². The largest absolute Gasteiger partial charge is 0.462 e. The molecule has 1 saturated heterocycles. The summed E-state index contributed by atoms with van der Waals surface area (Å²) in [6, 6.07) is 0. The Kier molecular flexibility index (Phi) is 3.73. The van der Waals surface area contributed by atoms with Gasteiger partial charge >= 0.3 is 5.97 Å². The molecule has 74 valence electrons. The summed E-state index contributed by atoms with van der Waals surface area (Å²) in [7, 11) is 0. The number of hydrogen-bond acceptors (Lipinski definition) is 3. The van der Waals surface area contributed by atoms with Gasteiger partial charge in [0.2, 0.25) is 5.91 Å². The minimum absolute atomic E-state index is 0.0681. The predicted molar refractivity (Wildman–Crippen MR) is 47.1 cm³/mol. The van der Waals surface area contributed by atoms with Gasteiger partial charge in [-0.2, -0.15) is 0 Å². The average Bonchev–Trinajstić information content (AvgIpc) is 2.14. The first-order chi connectivity index (χ1) is 6.24. The fourth-order valence-electron chi connectivity index (χ4n) is 1.25. The van der Waals surface area contributed by atoms with Gasteiger partial charge in [-0.05, 0) is 6.42 Å². The molecule has 1 aliphatic rings. The SMILES string of the molecule is CCCCC(=O)N1CCOC(=O)C1. The number of esters is 1. The van der Waals surface area contributed by atoms with E-state index in [2.05, 4.69) is 0 Å². The van der Waals surface area contributed by atoms with E-state index in [9.17, 15) is 9.59 Å². The minimum atomic E-state index is -0.295. The van der Waals surface area contributed by atoms with E-state index in [4.69, 9.17) is 4.74 Å². The summed E-state index contributed by atoms with van der Waals surface area (Å²) in [6.07, 6.45) is 2.44. The summed E-state index contributed by atoms with van der Waals surface area (Å²) in [5.74, 6) is -0.227. The highest BCUT2D eigenvalue weighted by Crippen LogP contribution is 2.04. The zero-order chi connectivity index (χ0) is 9.68. The molecule has 0 aliphatic carbocycles. The Morgan fingerprint density at radius 3 is 3.00 bits per heavy atom. The molecule has 0 unspecified atom stereocenters. The van der Waals surface area contributed by atoms with Gasteiger partial charge in [-0.1, -0.05) is 13.3 Å². The van der Waals surface area contributed by atoms with E-state index in [1.54, 1.807) is 4.90 Å². The second-order valence-corrected chi connectivity index (χ2v) is 3.14. The second-order valence-electron chi connectivity index (χ2n) is 3.14. The Bertz CT molecular complexity index is 203. The molecule has 4 nitrogen and oxygen atoms in total. The predicted octanol–water partition coefficient (Wildman–Crippen LogP) is 0.562. The van der Waals surface area contributed by atoms with Crippen molar-refractivity contribution in [2.45, 2.75) is 26.2 Å². The molecule has 1 aliphatic heterocycles. The van der Waals surface area contributed by atoms with E-state index < -0.39 is 0 Å². The number of morpholine rings is 1. The van der Waals surface area contributed by atoms with Crippen molar-refractivity contribution in [1.82, 2.24) is 4.90 Å². The number of carbonyl (C=O) groups excluding carboxylic acids is 2. The van der Waals surface area contributed by atoms with Crippen molar-refractivity contribution in [2.24, 2.45) is 0 Å². The van der Waals surface area contributed by atoms with Crippen molar-refractivity contribution < 1.29 is 14.3 Å². The van der Waals surface area contributed by atoms with Gasteiger partial charge in [0.05, 0.1) is 6.54 Å². The maximum absolute atomic E-state index is 11.4. The lowest BCUT2D eigenvalue weighted by Gasteiger charge is -2.25. The van der Waals surface area contributed by atoms with Crippen LogP contribution in [-0.2, 0) is 14.3 Å². The maximum Gasteiger partial charge on any atom is 0.325 e. The van der Waals surface area contributed by atoms with Crippen molar-refractivity contribution in [3.8, 4) is 0 Å². The van der Waals surface area contributed by atoms with E-state index in [1.165, 1.54) is 0 Å². The highest BCUT2D eigenvalue weighted by atomic mass is 16.5. The molecule has 0 aromatic heterocycles. The summed E-state index contributed by atoms with van der Waals surface area (Å²) < 4.78 is 4.73. The maximum atomic E-state index is 11.4. The molecule has 0 radical (unpaired) electrons. The lowest BCUT2D eigenvalue weighted by molar-refractivity contribution is -0.156.